The van der Waals surface area contributed by atoms with Crippen LogP contribution in [0, 0.1) is 5.82 Å². The van der Waals surface area contributed by atoms with Crippen molar-refractivity contribution >= 4 is 17.0 Å². The third kappa shape index (κ3) is 2.18. The van der Waals surface area contributed by atoms with E-state index in [4.69, 9.17) is 4.74 Å². The SMILES string of the molecule is Cn1ncc2c(Oc3ccccc3F)c(C(=O)O)cnc21. The molecule has 3 aromatic rings. The standard InChI is InChI=1S/C14H10FN3O3/c1-18-13-8(7-17-18)12(9(6-16-13)14(19)20)21-11-5-3-2-4-10(11)15/h2-7H,1H3,(H,19,20). The number of carboxylic acids is 1. The number of pyridine rings is 1. The molecule has 0 radical (unpaired) electrons. The number of aromatic carboxylic acids is 1. The second-order valence-corrected chi connectivity index (χ2v) is 4.34. The van der Waals surface area contributed by atoms with E-state index in [1.807, 2.05) is 0 Å². The summed E-state index contributed by atoms with van der Waals surface area (Å²) in [5, 5.41) is 13.7. The lowest BCUT2D eigenvalue weighted by Crippen LogP contribution is -2.03. The number of rotatable bonds is 3. The van der Waals surface area contributed by atoms with Gasteiger partial charge in [-0.3, -0.25) is 4.68 Å². The number of nitrogens with zero attached hydrogens (tertiary/aromatic N) is 3. The molecule has 0 spiro atoms. The van der Waals surface area contributed by atoms with Gasteiger partial charge in [0.15, 0.2) is 23.0 Å². The summed E-state index contributed by atoms with van der Waals surface area (Å²) < 4.78 is 20.7. The molecule has 106 valence electrons. The Labute approximate surface area is 118 Å². The van der Waals surface area contributed by atoms with E-state index in [-0.39, 0.29) is 17.1 Å². The number of hydrogen-bond donors (Lipinski definition) is 1. The number of halogens is 1. The minimum atomic E-state index is -1.21. The molecule has 2 aromatic heterocycles. The van der Waals surface area contributed by atoms with E-state index in [1.165, 1.54) is 35.3 Å². The maximum atomic E-state index is 13.7. The topological polar surface area (TPSA) is 77.2 Å². The van der Waals surface area contributed by atoms with Crippen molar-refractivity contribution < 1.29 is 19.0 Å². The molecule has 21 heavy (non-hydrogen) atoms. The summed E-state index contributed by atoms with van der Waals surface area (Å²) in [5.41, 5.74) is 0.296. The predicted octanol–water partition coefficient (Wildman–Crippen LogP) is 2.60. The average Bonchev–Trinajstić information content (AvgIpc) is 2.83. The third-order valence-corrected chi connectivity index (χ3v) is 2.99. The van der Waals surface area contributed by atoms with Crippen molar-refractivity contribution in [2.75, 3.05) is 0 Å². The van der Waals surface area contributed by atoms with Gasteiger partial charge in [-0.05, 0) is 12.1 Å². The Hall–Kier alpha value is -2.96. The molecular formula is C14H10FN3O3. The van der Waals surface area contributed by atoms with Crippen LogP contribution in [0.3, 0.4) is 0 Å². The first-order valence-corrected chi connectivity index (χ1v) is 6.04. The normalized spacial score (nSPS) is 10.8. The highest BCUT2D eigenvalue weighted by Gasteiger charge is 2.20. The van der Waals surface area contributed by atoms with Crippen molar-refractivity contribution in [3.05, 3.63) is 48.0 Å². The molecule has 0 aliphatic rings. The maximum absolute atomic E-state index is 13.7. The second kappa shape index (κ2) is 4.86. The molecule has 3 rings (SSSR count). The maximum Gasteiger partial charge on any atom is 0.341 e. The summed E-state index contributed by atoms with van der Waals surface area (Å²) in [7, 11) is 1.67. The van der Waals surface area contributed by atoms with Crippen LogP contribution in [0.2, 0.25) is 0 Å². The van der Waals surface area contributed by atoms with Crippen LogP contribution in [0.4, 0.5) is 4.39 Å². The molecule has 1 N–H and O–H groups in total. The zero-order valence-electron chi connectivity index (χ0n) is 10.9. The summed E-state index contributed by atoms with van der Waals surface area (Å²) in [6, 6.07) is 5.77. The minimum Gasteiger partial charge on any atom is -0.477 e. The minimum absolute atomic E-state index is 0.0192. The van der Waals surface area contributed by atoms with Crippen molar-refractivity contribution in [1.29, 1.82) is 0 Å². The zero-order valence-corrected chi connectivity index (χ0v) is 10.9. The number of aromatic nitrogens is 3. The fourth-order valence-electron chi connectivity index (χ4n) is 1.97. The first kappa shape index (κ1) is 13.0. The van der Waals surface area contributed by atoms with Crippen LogP contribution >= 0.6 is 0 Å². The first-order chi connectivity index (χ1) is 10.1. The van der Waals surface area contributed by atoms with Crippen LogP contribution in [0.25, 0.3) is 11.0 Å². The van der Waals surface area contributed by atoms with Gasteiger partial charge in [0, 0.05) is 13.2 Å². The molecular weight excluding hydrogens is 277 g/mol. The lowest BCUT2D eigenvalue weighted by molar-refractivity contribution is 0.0694. The quantitative estimate of drug-likeness (QED) is 0.801. The predicted molar refractivity (Wildman–Crippen MR) is 71.9 cm³/mol. The van der Waals surface area contributed by atoms with E-state index in [9.17, 15) is 14.3 Å². The lowest BCUT2D eigenvalue weighted by Gasteiger charge is -2.10. The number of ether oxygens (including phenoxy) is 1. The largest absolute Gasteiger partial charge is 0.477 e. The number of fused-ring (bicyclic) bond motifs is 1. The lowest BCUT2D eigenvalue weighted by atomic mass is 10.2. The van der Waals surface area contributed by atoms with Gasteiger partial charge in [0.1, 0.15) is 5.56 Å². The van der Waals surface area contributed by atoms with Crippen molar-refractivity contribution in [3.8, 4) is 11.5 Å². The van der Waals surface area contributed by atoms with Crippen molar-refractivity contribution in [2.45, 2.75) is 0 Å². The van der Waals surface area contributed by atoms with Gasteiger partial charge < -0.3 is 9.84 Å². The number of aryl methyl sites for hydroxylation is 1. The summed E-state index contributed by atoms with van der Waals surface area (Å²) in [5.74, 6) is -1.83. The van der Waals surface area contributed by atoms with Gasteiger partial charge in [-0.2, -0.15) is 5.10 Å². The summed E-state index contributed by atoms with van der Waals surface area (Å²) in [6.45, 7) is 0. The molecule has 0 saturated carbocycles. The number of benzene rings is 1. The Kier molecular flexibility index (Phi) is 3.02. The highest BCUT2D eigenvalue weighted by Crippen LogP contribution is 2.33. The molecule has 0 aliphatic carbocycles. The molecule has 2 heterocycles. The molecule has 0 saturated heterocycles. The second-order valence-electron chi connectivity index (χ2n) is 4.34. The van der Waals surface area contributed by atoms with Crippen LogP contribution in [0.15, 0.2) is 36.7 Å². The summed E-state index contributed by atoms with van der Waals surface area (Å²) in [6.07, 6.45) is 2.60. The Morgan fingerprint density at radius 1 is 1.33 bits per heavy atom. The van der Waals surface area contributed by atoms with E-state index >= 15 is 0 Å². The van der Waals surface area contributed by atoms with E-state index in [2.05, 4.69) is 10.1 Å². The highest BCUT2D eigenvalue weighted by atomic mass is 19.1. The van der Waals surface area contributed by atoms with Crippen LogP contribution < -0.4 is 4.74 Å². The number of carboxylic acid groups (broad SMARTS) is 1. The Morgan fingerprint density at radius 2 is 2.10 bits per heavy atom. The summed E-state index contributed by atoms with van der Waals surface area (Å²) >= 11 is 0. The van der Waals surface area contributed by atoms with Gasteiger partial charge in [-0.25, -0.2) is 14.2 Å². The monoisotopic (exact) mass is 287 g/mol. The van der Waals surface area contributed by atoms with E-state index in [0.29, 0.717) is 11.0 Å². The third-order valence-electron chi connectivity index (χ3n) is 2.99. The van der Waals surface area contributed by atoms with Crippen molar-refractivity contribution in [1.82, 2.24) is 14.8 Å². The average molecular weight is 287 g/mol. The first-order valence-electron chi connectivity index (χ1n) is 6.04. The van der Waals surface area contributed by atoms with Gasteiger partial charge in [0.2, 0.25) is 0 Å². The van der Waals surface area contributed by atoms with Gasteiger partial charge in [0.25, 0.3) is 0 Å². The molecule has 6 nitrogen and oxygen atoms in total. The molecule has 0 fully saturated rings. The Morgan fingerprint density at radius 3 is 2.81 bits per heavy atom. The van der Waals surface area contributed by atoms with E-state index in [0.717, 1.165) is 0 Å². The van der Waals surface area contributed by atoms with E-state index in [1.54, 1.807) is 13.1 Å². The molecule has 7 heteroatoms. The van der Waals surface area contributed by atoms with Crippen LogP contribution in [0.5, 0.6) is 11.5 Å². The van der Waals surface area contributed by atoms with Gasteiger partial charge in [-0.1, -0.05) is 12.1 Å². The zero-order chi connectivity index (χ0) is 15.0. The molecule has 1 aromatic carbocycles. The number of para-hydroxylation sites is 1. The molecule has 0 unspecified atom stereocenters. The Bertz CT molecular complexity index is 845. The van der Waals surface area contributed by atoms with E-state index < -0.39 is 11.8 Å². The molecule has 0 aliphatic heterocycles. The fraction of sp³-hybridized carbons (Fsp3) is 0.0714. The fourth-order valence-corrected chi connectivity index (χ4v) is 1.97. The molecule has 0 atom stereocenters. The smallest absolute Gasteiger partial charge is 0.341 e. The van der Waals surface area contributed by atoms with Crippen LogP contribution in [-0.2, 0) is 7.05 Å². The Balaban J connectivity index is 2.21. The molecule has 0 amide bonds. The van der Waals surface area contributed by atoms with Gasteiger partial charge >= 0.3 is 5.97 Å². The summed E-state index contributed by atoms with van der Waals surface area (Å²) in [4.78, 5) is 15.3. The van der Waals surface area contributed by atoms with Crippen molar-refractivity contribution in [3.63, 3.8) is 0 Å². The molecule has 0 bridgehead atoms. The van der Waals surface area contributed by atoms with Crippen LogP contribution in [0.1, 0.15) is 10.4 Å². The number of hydrogen-bond acceptors (Lipinski definition) is 4. The number of carbonyl (C=O) groups is 1. The van der Waals surface area contributed by atoms with Gasteiger partial charge in [0.05, 0.1) is 11.6 Å². The van der Waals surface area contributed by atoms with Gasteiger partial charge in [-0.15, -0.1) is 0 Å². The highest BCUT2D eigenvalue weighted by molar-refractivity contribution is 5.98. The van der Waals surface area contributed by atoms with Crippen molar-refractivity contribution in [2.24, 2.45) is 7.05 Å². The van der Waals surface area contributed by atoms with Crippen LogP contribution in [-0.4, -0.2) is 25.8 Å².